The summed E-state index contributed by atoms with van der Waals surface area (Å²) in [5.41, 5.74) is -0.0953. The average molecular weight is 314 g/mol. The fourth-order valence-corrected chi connectivity index (χ4v) is 3.51. The van der Waals surface area contributed by atoms with Crippen molar-refractivity contribution in [1.82, 2.24) is 5.32 Å². The van der Waals surface area contributed by atoms with Crippen molar-refractivity contribution < 1.29 is 5.11 Å². The maximum atomic E-state index is 9.54. The van der Waals surface area contributed by atoms with Gasteiger partial charge in [-0.3, -0.25) is 0 Å². The first-order valence-electron chi connectivity index (χ1n) is 7.38. The SMILES string of the molecule is CC(CO)(CCCCSc1cccc(Cl)c1)NC1CC1. The molecular formula is C16H24ClNOS. The molecule has 1 saturated carbocycles. The minimum Gasteiger partial charge on any atom is -0.394 e. The largest absolute Gasteiger partial charge is 0.394 e. The minimum absolute atomic E-state index is 0.0953. The Balaban J connectivity index is 1.62. The number of halogens is 1. The summed E-state index contributed by atoms with van der Waals surface area (Å²) < 4.78 is 0. The van der Waals surface area contributed by atoms with Crippen LogP contribution in [0.25, 0.3) is 0 Å². The van der Waals surface area contributed by atoms with Crippen LogP contribution in [0.3, 0.4) is 0 Å². The van der Waals surface area contributed by atoms with Crippen LogP contribution in [0.2, 0.25) is 5.02 Å². The normalized spacial score (nSPS) is 17.9. The molecule has 4 heteroatoms. The molecule has 1 aliphatic rings. The Morgan fingerprint density at radius 3 is 2.85 bits per heavy atom. The van der Waals surface area contributed by atoms with Gasteiger partial charge in [-0.2, -0.15) is 0 Å². The van der Waals surface area contributed by atoms with Gasteiger partial charge in [-0.1, -0.05) is 24.1 Å². The van der Waals surface area contributed by atoms with Crippen LogP contribution in [-0.2, 0) is 0 Å². The Morgan fingerprint density at radius 1 is 1.40 bits per heavy atom. The Bertz CT molecular complexity index is 425. The molecule has 0 heterocycles. The number of thioether (sulfide) groups is 1. The van der Waals surface area contributed by atoms with Gasteiger partial charge in [-0.15, -0.1) is 11.8 Å². The van der Waals surface area contributed by atoms with Gasteiger partial charge in [0.15, 0.2) is 0 Å². The van der Waals surface area contributed by atoms with Gasteiger partial charge in [-0.05, 0) is 56.6 Å². The van der Waals surface area contributed by atoms with Gasteiger partial charge in [0.05, 0.1) is 6.61 Å². The Hall–Kier alpha value is -0.220. The van der Waals surface area contributed by atoms with Crippen molar-refractivity contribution in [2.24, 2.45) is 0 Å². The molecule has 1 aromatic rings. The number of hydrogen-bond acceptors (Lipinski definition) is 3. The lowest BCUT2D eigenvalue weighted by molar-refractivity contribution is 0.161. The maximum absolute atomic E-state index is 9.54. The number of nitrogens with one attached hydrogen (secondary N) is 1. The van der Waals surface area contributed by atoms with E-state index in [4.69, 9.17) is 11.6 Å². The van der Waals surface area contributed by atoms with E-state index >= 15 is 0 Å². The minimum atomic E-state index is -0.0953. The summed E-state index contributed by atoms with van der Waals surface area (Å²) in [7, 11) is 0. The summed E-state index contributed by atoms with van der Waals surface area (Å²) in [4.78, 5) is 1.23. The lowest BCUT2D eigenvalue weighted by atomic mass is 9.96. The number of hydrogen-bond donors (Lipinski definition) is 2. The van der Waals surface area contributed by atoms with E-state index in [0.717, 1.165) is 23.6 Å². The van der Waals surface area contributed by atoms with Gasteiger partial charge in [0.1, 0.15) is 0 Å². The van der Waals surface area contributed by atoms with Crippen molar-refractivity contribution in [1.29, 1.82) is 0 Å². The smallest absolute Gasteiger partial charge is 0.0610 e. The Morgan fingerprint density at radius 2 is 2.20 bits per heavy atom. The molecule has 1 aliphatic carbocycles. The molecule has 2 rings (SSSR count). The molecule has 0 spiro atoms. The van der Waals surface area contributed by atoms with Gasteiger partial charge in [0.25, 0.3) is 0 Å². The van der Waals surface area contributed by atoms with Crippen LogP contribution in [0.15, 0.2) is 29.2 Å². The third kappa shape index (κ3) is 5.65. The third-order valence-corrected chi connectivity index (χ3v) is 4.98. The van der Waals surface area contributed by atoms with E-state index in [0.29, 0.717) is 6.04 Å². The average Bonchev–Trinajstić information content (AvgIpc) is 3.22. The molecule has 2 nitrogen and oxygen atoms in total. The highest BCUT2D eigenvalue weighted by atomic mass is 35.5. The molecule has 0 aromatic heterocycles. The highest BCUT2D eigenvalue weighted by Crippen LogP contribution is 2.26. The zero-order valence-electron chi connectivity index (χ0n) is 12.1. The summed E-state index contributed by atoms with van der Waals surface area (Å²) in [6.07, 6.45) is 5.87. The summed E-state index contributed by atoms with van der Waals surface area (Å²) in [6, 6.07) is 8.66. The molecule has 1 fully saturated rings. The molecule has 112 valence electrons. The van der Waals surface area contributed by atoms with Crippen molar-refractivity contribution in [3.8, 4) is 0 Å². The van der Waals surface area contributed by atoms with Crippen molar-refractivity contribution in [3.05, 3.63) is 29.3 Å². The summed E-state index contributed by atoms with van der Waals surface area (Å²) in [5.74, 6) is 1.10. The molecule has 0 radical (unpaired) electrons. The van der Waals surface area contributed by atoms with Crippen LogP contribution in [0.4, 0.5) is 0 Å². The Kier molecular flexibility index (Phi) is 6.21. The van der Waals surface area contributed by atoms with Crippen LogP contribution in [0.1, 0.15) is 39.0 Å². The predicted octanol–water partition coefficient (Wildman–Crippen LogP) is 4.11. The van der Waals surface area contributed by atoms with Crippen LogP contribution in [-0.4, -0.2) is 29.0 Å². The highest BCUT2D eigenvalue weighted by Gasteiger charge is 2.31. The van der Waals surface area contributed by atoms with E-state index in [-0.39, 0.29) is 12.1 Å². The van der Waals surface area contributed by atoms with E-state index in [1.807, 2.05) is 30.0 Å². The molecule has 0 saturated heterocycles. The van der Waals surface area contributed by atoms with E-state index in [1.54, 1.807) is 0 Å². The van der Waals surface area contributed by atoms with E-state index in [9.17, 15) is 5.11 Å². The fourth-order valence-electron chi connectivity index (χ4n) is 2.28. The molecule has 0 amide bonds. The first-order chi connectivity index (χ1) is 9.61. The van der Waals surface area contributed by atoms with Crippen LogP contribution >= 0.6 is 23.4 Å². The second-order valence-electron chi connectivity index (χ2n) is 5.90. The second-order valence-corrected chi connectivity index (χ2v) is 7.51. The van der Waals surface area contributed by atoms with Crippen LogP contribution in [0.5, 0.6) is 0 Å². The third-order valence-electron chi connectivity index (χ3n) is 3.67. The van der Waals surface area contributed by atoms with Crippen molar-refractivity contribution in [2.75, 3.05) is 12.4 Å². The summed E-state index contributed by atoms with van der Waals surface area (Å²) >= 11 is 7.82. The number of aliphatic hydroxyl groups is 1. The lowest BCUT2D eigenvalue weighted by Gasteiger charge is -2.29. The number of benzene rings is 1. The molecule has 1 unspecified atom stereocenters. The highest BCUT2D eigenvalue weighted by molar-refractivity contribution is 7.99. The van der Waals surface area contributed by atoms with E-state index in [1.165, 1.54) is 24.2 Å². The molecule has 1 aromatic carbocycles. The summed E-state index contributed by atoms with van der Waals surface area (Å²) in [5, 5.41) is 13.9. The van der Waals surface area contributed by atoms with Gasteiger partial charge in [0, 0.05) is 21.5 Å². The van der Waals surface area contributed by atoms with Gasteiger partial charge in [0.2, 0.25) is 0 Å². The van der Waals surface area contributed by atoms with Gasteiger partial charge in [-0.25, -0.2) is 0 Å². The standard InChI is InChI=1S/C16H24ClNOS/c1-16(12-19,18-14-7-8-14)9-2-3-10-20-15-6-4-5-13(17)11-15/h4-6,11,14,18-19H,2-3,7-10,12H2,1H3. The Labute approximate surface area is 131 Å². The van der Waals surface area contributed by atoms with E-state index in [2.05, 4.69) is 18.3 Å². The number of aliphatic hydroxyl groups excluding tert-OH is 1. The molecule has 1 atom stereocenters. The molecule has 0 aliphatic heterocycles. The van der Waals surface area contributed by atoms with E-state index < -0.39 is 0 Å². The molecule has 20 heavy (non-hydrogen) atoms. The zero-order chi connectivity index (χ0) is 14.4. The van der Waals surface area contributed by atoms with Crippen molar-refractivity contribution in [2.45, 2.75) is 55.5 Å². The fraction of sp³-hybridized carbons (Fsp3) is 0.625. The second kappa shape index (κ2) is 7.69. The quantitative estimate of drug-likeness (QED) is 0.531. The number of unbranched alkanes of at least 4 members (excludes halogenated alkanes) is 1. The maximum Gasteiger partial charge on any atom is 0.0610 e. The van der Waals surface area contributed by atoms with Gasteiger partial charge >= 0.3 is 0 Å². The molecule has 0 bridgehead atoms. The van der Waals surface area contributed by atoms with Gasteiger partial charge < -0.3 is 10.4 Å². The summed E-state index contributed by atoms with van der Waals surface area (Å²) in [6.45, 7) is 2.36. The molecule has 2 N–H and O–H groups in total. The first kappa shape index (κ1) is 16.2. The zero-order valence-corrected chi connectivity index (χ0v) is 13.6. The predicted molar refractivity (Wildman–Crippen MR) is 87.7 cm³/mol. The molecular weight excluding hydrogens is 290 g/mol. The first-order valence-corrected chi connectivity index (χ1v) is 8.75. The monoisotopic (exact) mass is 313 g/mol. The number of rotatable bonds is 9. The van der Waals surface area contributed by atoms with Crippen LogP contribution in [0, 0.1) is 0 Å². The van der Waals surface area contributed by atoms with Crippen molar-refractivity contribution in [3.63, 3.8) is 0 Å². The lowest BCUT2D eigenvalue weighted by Crippen LogP contribution is -2.46. The van der Waals surface area contributed by atoms with Crippen molar-refractivity contribution >= 4 is 23.4 Å². The van der Waals surface area contributed by atoms with Crippen LogP contribution < -0.4 is 5.32 Å². The topological polar surface area (TPSA) is 32.3 Å².